The number of benzene rings is 3. The standard InChI is InChI=1S/C21H19ClN2O2/c1-14(16-11-6-8-15-7-2-3-9-17(15)16)24-20(25)13-23-21(26)18-10-4-5-12-19(18)22/h2-12,14H,13H2,1H3,(H,23,26)(H,24,25). The number of carbonyl (C=O) groups excluding carboxylic acids is 2. The van der Waals surface area contributed by atoms with Crippen molar-refractivity contribution in [1.29, 1.82) is 0 Å². The number of amides is 2. The highest BCUT2D eigenvalue weighted by atomic mass is 35.5. The Morgan fingerprint density at radius 2 is 1.65 bits per heavy atom. The van der Waals surface area contributed by atoms with E-state index in [1.165, 1.54) is 0 Å². The van der Waals surface area contributed by atoms with Gasteiger partial charge in [-0.25, -0.2) is 0 Å². The van der Waals surface area contributed by atoms with Crippen LogP contribution >= 0.6 is 11.6 Å². The summed E-state index contributed by atoms with van der Waals surface area (Å²) in [4.78, 5) is 24.3. The van der Waals surface area contributed by atoms with Crippen LogP contribution in [0.1, 0.15) is 28.9 Å². The Hall–Kier alpha value is -2.85. The van der Waals surface area contributed by atoms with Crippen LogP contribution in [0.3, 0.4) is 0 Å². The van der Waals surface area contributed by atoms with Crippen molar-refractivity contribution in [3.8, 4) is 0 Å². The molecule has 0 aliphatic carbocycles. The maximum Gasteiger partial charge on any atom is 0.253 e. The average molecular weight is 367 g/mol. The smallest absolute Gasteiger partial charge is 0.253 e. The molecular weight excluding hydrogens is 348 g/mol. The summed E-state index contributed by atoms with van der Waals surface area (Å²) in [6, 6.07) is 20.6. The molecule has 2 amide bonds. The highest BCUT2D eigenvalue weighted by Gasteiger charge is 2.14. The predicted octanol–water partition coefficient (Wildman–Crippen LogP) is 4.10. The first-order valence-electron chi connectivity index (χ1n) is 8.36. The zero-order chi connectivity index (χ0) is 18.5. The topological polar surface area (TPSA) is 58.2 Å². The second-order valence-corrected chi connectivity index (χ2v) is 6.43. The number of fused-ring (bicyclic) bond motifs is 1. The minimum Gasteiger partial charge on any atom is -0.348 e. The first kappa shape index (κ1) is 18.0. The van der Waals surface area contributed by atoms with Crippen LogP contribution in [0.4, 0.5) is 0 Å². The van der Waals surface area contributed by atoms with Gasteiger partial charge in [-0.15, -0.1) is 0 Å². The molecule has 0 aromatic heterocycles. The first-order valence-corrected chi connectivity index (χ1v) is 8.74. The van der Waals surface area contributed by atoms with Gasteiger partial charge in [-0.05, 0) is 35.4 Å². The van der Waals surface area contributed by atoms with Gasteiger partial charge in [-0.2, -0.15) is 0 Å². The third-order valence-electron chi connectivity index (χ3n) is 4.20. The summed E-state index contributed by atoms with van der Waals surface area (Å²) in [5.41, 5.74) is 1.39. The minimum atomic E-state index is -0.372. The molecule has 0 radical (unpaired) electrons. The lowest BCUT2D eigenvalue weighted by Gasteiger charge is -2.17. The summed E-state index contributed by atoms with van der Waals surface area (Å²) >= 11 is 5.99. The van der Waals surface area contributed by atoms with Crippen LogP contribution in [-0.4, -0.2) is 18.4 Å². The third-order valence-corrected chi connectivity index (χ3v) is 4.52. The molecule has 0 saturated heterocycles. The van der Waals surface area contributed by atoms with E-state index in [9.17, 15) is 9.59 Å². The van der Waals surface area contributed by atoms with Crippen molar-refractivity contribution in [2.75, 3.05) is 6.54 Å². The number of hydrogen-bond acceptors (Lipinski definition) is 2. The number of rotatable bonds is 5. The first-order chi connectivity index (χ1) is 12.6. The van der Waals surface area contributed by atoms with E-state index < -0.39 is 0 Å². The lowest BCUT2D eigenvalue weighted by Crippen LogP contribution is -2.38. The molecule has 5 heteroatoms. The molecule has 0 bridgehead atoms. The molecule has 3 rings (SSSR count). The number of halogens is 1. The van der Waals surface area contributed by atoms with Gasteiger partial charge >= 0.3 is 0 Å². The molecule has 4 nitrogen and oxygen atoms in total. The summed E-state index contributed by atoms with van der Waals surface area (Å²) in [6.07, 6.45) is 0. The SMILES string of the molecule is CC(NC(=O)CNC(=O)c1ccccc1Cl)c1cccc2ccccc12. The molecule has 26 heavy (non-hydrogen) atoms. The molecule has 0 aliphatic heterocycles. The monoisotopic (exact) mass is 366 g/mol. The van der Waals surface area contributed by atoms with Gasteiger partial charge in [0.1, 0.15) is 0 Å². The number of carbonyl (C=O) groups is 2. The number of nitrogens with one attached hydrogen (secondary N) is 2. The zero-order valence-electron chi connectivity index (χ0n) is 14.3. The second kappa shape index (κ2) is 8.02. The van der Waals surface area contributed by atoms with E-state index in [0.29, 0.717) is 10.6 Å². The van der Waals surface area contributed by atoms with Crippen LogP contribution in [-0.2, 0) is 4.79 Å². The van der Waals surface area contributed by atoms with Gasteiger partial charge in [-0.3, -0.25) is 9.59 Å². The maximum atomic E-state index is 12.2. The van der Waals surface area contributed by atoms with E-state index in [0.717, 1.165) is 16.3 Å². The highest BCUT2D eigenvalue weighted by molar-refractivity contribution is 6.33. The van der Waals surface area contributed by atoms with E-state index in [1.54, 1.807) is 24.3 Å². The Morgan fingerprint density at radius 1 is 0.962 bits per heavy atom. The van der Waals surface area contributed by atoms with Gasteiger partial charge in [0, 0.05) is 0 Å². The van der Waals surface area contributed by atoms with E-state index >= 15 is 0 Å². The fraction of sp³-hybridized carbons (Fsp3) is 0.143. The lowest BCUT2D eigenvalue weighted by atomic mass is 10.00. The summed E-state index contributed by atoms with van der Waals surface area (Å²) in [5, 5.41) is 8.10. The van der Waals surface area contributed by atoms with Crippen LogP contribution < -0.4 is 10.6 Å². The van der Waals surface area contributed by atoms with Gasteiger partial charge in [0.25, 0.3) is 5.91 Å². The van der Waals surface area contributed by atoms with Crippen molar-refractivity contribution in [1.82, 2.24) is 10.6 Å². The van der Waals surface area contributed by atoms with Gasteiger partial charge in [0.2, 0.25) is 5.91 Å². The van der Waals surface area contributed by atoms with Crippen molar-refractivity contribution in [2.45, 2.75) is 13.0 Å². The van der Waals surface area contributed by atoms with Gasteiger partial charge < -0.3 is 10.6 Å². The highest BCUT2D eigenvalue weighted by Crippen LogP contribution is 2.23. The lowest BCUT2D eigenvalue weighted by molar-refractivity contribution is -0.120. The van der Waals surface area contributed by atoms with Gasteiger partial charge in [0.05, 0.1) is 23.2 Å². The van der Waals surface area contributed by atoms with Crippen molar-refractivity contribution >= 4 is 34.2 Å². The molecule has 0 fully saturated rings. The molecule has 0 spiro atoms. The summed E-state index contributed by atoms with van der Waals surface area (Å²) in [6.45, 7) is 1.81. The molecule has 3 aromatic rings. The second-order valence-electron chi connectivity index (χ2n) is 6.02. The Bertz CT molecular complexity index is 950. The minimum absolute atomic E-state index is 0.112. The fourth-order valence-electron chi connectivity index (χ4n) is 2.90. The molecule has 2 N–H and O–H groups in total. The van der Waals surface area contributed by atoms with Crippen LogP contribution in [0.5, 0.6) is 0 Å². The molecule has 0 saturated carbocycles. The molecule has 1 atom stereocenters. The summed E-state index contributed by atoms with van der Waals surface area (Å²) in [7, 11) is 0. The Balaban J connectivity index is 1.63. The van der Waals surface area contributed by atoms with Crippen molar-refractivity contribution in [2.24, 2.45) is 0 Å². The van der Waals surface area contributed by atoms with E-state index in [4.69, 9.17) is 11.6 Å². The number of hydrogen-bond donors (Lipinski definition) is 2. The van der Waals surface area contributed by atoms with E-state index in [-0.39, 0.29) is 24.4 Å². The third kappa shape index (κ3) is 4.03. The van der Waals surface area contributed by atoms with Gasteiger partial charge in [-0.1, -0.05) is 66.2 Å². The van der Waals surface area contributed by atoms with Crippen LogP contribution in [0, 0.1) is 0 Å². The Kier molecular flexibility index (Phi) is 5.54. The maximum absolute atomic E-state index is 12.2. The van der Waals surface area contributed by atoms with Crippen LogP contribution in [0.2, 0.25) is 5.02 Å². The van der Waals surface area contributed by atoms with Crippen LogP contribution in [0.25, 0.3) is 10.8 Å². The molecular formula is C21H19ClN2O2. The van der Waals surface area contributed by atoms with E-state index in [1.807, 2.05) is 49.4 Å². The molecule has 0 aliphatic rings. The molecule has 132 valence electrons. The zero-order valence-corrected chi connectivity index (χ0v) is 15.1. The van der Waals surface area contributed by atoms with Crippen molar-refractivity contribution in [3.63, 3.8) is 0 Å². The van der Waals surface area contributed by atoms with Gasteiger partial charge in [0.15, 0.2) is 0 Å². The van der Waals surface area contributed by atoms with Crippen LogP contribution in [0.15, 0.2) is 66.7 Å². The summed E-state index contributed by atoms with van der Waals surface area (Å²) < 4.78 is 0. The van der Waals surface area contributed by atoms with Crippen molar-refractivity contribution in [3.05, 3.63) is 82.9 Å². The van der Waals surface area contributed by atoms with E-state index in [2.05, 4.69) is 10.6 Å². The normalized spacial score (nSPS) is 11.8. The largest absolute Gasteiger partial charge is 0.348 e. The van der Waals surface area contributed by atoms with Crippen molar-refractivity contribution < 1.29 is 9.59 Å². The molecule has 1 unspecified atom stereocenters. The quantitative estimate of drug-likeness (QED) is 0.714. The predicted molar refractivity (Wildman–Crippen MR) is 104 cm³/mol. The summed E-state index contributed by atoms with van der Waals surface area (Å²) in [5.74, 6) is -0.630. The Labute approximate surface area is 157 Å². The molecule has 3 aromatic carbocycles. The Morgan fingerprint density at radius 3 is 2.46 bits per heavy atom. The fourth-order valence-corrected chi connectivity index (χ4v) is 3.12. The average Bonchev–Trinajstić information content (AvgIpc) is 2.66. The molecule has 0 heterocycles.